The minimum Gasteiger partial charge on any atom is -0.352 e. The summed E-state index contributed by atoms with van der Waals surface area (Å²) in [4.78, 5) is 27.2. The van der Waals surface area contributed by atoms with Gasteiger partial charge in [-0.15, -0.1) is 0 Å². The predicted molar refractivity (Wildman–Crippen MR) is 64.2 cm³/mol. The van der Waals surface area contributed by atoms with E-state index in [1.165, 1.54) is 10.9 Å². The fourth-order valence-corrected chi connectivity index (χ4v) is 1.51. The van der Waals surface area contributed by atoms with E-state index in [1.807, 2.05) is 13.8 Å². The van der Waals surface area contributed by atoms with E-state index >= 15 is 0 Å². The van der Waals surface area contributed by atoms with Gasteiger partial charge in [-0.3, -0.25) is 14.2 Å². The smallest absolute Gasteiger partial charge is 0.268 e. The number of amides is 1. The van der Waals surface area contributed by atoms with Gasteiger partial charge in [0.05, 0.1) is 12.0 Å². The van der Waals surface area contributed by atoms with E-state index in [0.29, 0.717) is 10.2 Å². The first kappa shape index (κ1) is 12.9. The minimum atomic E-state index is -0.244. The Morgan fingerprint density at radius 3 is 2.81 bits per heavy atom. The summed E-state index contributed by atoms with van der Waals surface area (Å²) in [5.74, 6) is -0.199. The van der Waals surface area contributed by atoms with Gasteiger partial charge in [0.15, 0.2) is 0 Å². The highest BCUT2D eigenvalue weighted by Gasteiger charge is 2.09. The van der Waals surface area contributed by atoms with Gasteiger partial charge in [-0.2, -0.15) is 0 Å². The first-order chi connectivity index (χ1) is 7.41. The predicted octanol–water partition coefficient (Wildman–Crippen LogP) is 0.839. The molecule has 0 fully saturated rings. The molecule has 0 aliphatic carbocycles. The number of carbonyl (C=O) groups excluding carboxylic acids is 1. The van der Waals surface area contributed by atoms with Gasteiger partial charge in [-0.05, 0) is 36.7 Å². The SMILES string of the molecule is Cc1ncn(CC(=O)NC(C)C)c(=O)c1Br. The molecule has 1 aromatic heterocycles. The van der Waals surface area contributed by atoms with E-state index < -0.39 is 0 Å². The number of hydrogen-bond donors (Lipinski definition) is 1. The molecule has 88 valence electrons. The Kier molecular flexibility index (Phi) is 4.23. The van der Waals surface area contributed by atoms with Crippen molar-refractivity contribution in [2.45, 2.75) is 33.4 Å². The van der Waals surface area contributed by atoms with Gasteiger partial charge >= 0.3 is 0 Å². The number of nitrogens with zero attached hydrogens (tertiary/aromatic N) is 2. The Hall–Kier alpha value is -1.17. The van der Waals surface area contributed by atoms with E-state index in [0.717, 1.165) is 0 Å². The van der Waals surface area contributed by atoms with E-state index in [2.05, 4.69) is 26.2 Å². The molecule has 0 aromatic carbocycles. The Bertz CT molecular complexity index is 454. The van der Waals surface area contributed by atoms with E-state index in [4.69, 9.17) is 0 Å². The summed E-state index contributed by atoms with van der Waals surface area (Å²) < 4.78 is 1.67. The van der Waals surface area contributed by atoms with Crippen molar-refractivity contribution in [2.24, 2.45) is 0 Å². The van der Waals surface area contributed by atoms with Crippen LogP contribution in [0.4, 0.5) is 0 Å². The molecule has 1 rings (SSSR count). The van der Waals surface area contributed by atoms with Crippen LogP contribution in [0.25, 0.3) is 0 Å². The monoisotopic (exact) mass is 287 g/mol. The van der Waals surface area contributed by atoms with Crippen LogP contribution < -0.4 is 10.9 Å². The molecule has 0 aliphatic rings. The number of nitrogens with one attached hydrogen (secondary N) is 1. The van der Waals surface area contributed by atoms with Crippen LogP contribution in [0.5, 0.6) is 0 Å². The van der Waals surface area contributed by atoms with Crippen LogP contribution in [-0.2, 0) is 11.3 Å². The average molecular weight is 288 g/mol. The minimum absolute atomic E-state index is 0.0110. The van der Waals surface area contributed by atoms with Crippen LogP contribution in [0.2, 0.25) is 0 Å². The van der Waals surface area contributed by atoms with Gasteiger partial charge in [-0.25, -0.2) is 4.98 Å². The maximum absolute atomic E-state index is 11.7. The average Bonchev–Trinajstić information content (AvgIpc) is 2.18. The normalized spacial score (nSPS) is 10.6. The van der Waals surface area contributed by atoms with Crippen molar-refractivity contribution >= 4 is 21.8 Å². The molecule has 1 aromatic rings. The first-order valence-corrected chi connectivity index (χ1v) is 5.72. The number of aromatic nitrogens is 2. The van der Waals surface area contributed by atoms with Crippen LogP contribution in [0.3, 0.4) is 0 Å². The van der Waals surface area contributed by atoms with Gasteiger partial charge in [0.25, 0.3) is 5.56 Å². The van der Waals surface area contributed by atoms with Gasteiger partial charge in [0, 0.05) is 6.04 Å². The standard InChI is InChI=1S/C10H14BrN3O2/c1-6(2)13-8(15)4-14-5-12-7(3)9(11)10(14)16/h5-6H,4H2,1-3H3,(H,13,15). The molecule has 0 saturated heterocycles. The third kappa shape index (κ3) is 3.16. The molecule has 0 unspecified atom stereocenters. The highest BCUT2D eigenvalue weighted by Crippen LogP contribution is 2.05. The number of hydrogen-bond acceptors (Lipinski definition) is 3. The lowest BCUT2D eigenvalue weighted by Gasteiger charge is -2.10. The number of rotatable bonds is 3. The van der Waals surface area contributed by atoms with Crippen molar-refractivity contribution in [3.05, 3.63) is 26.8 Å². The van der Waals surface area contributed by atoms with Crippen molar-refractivity contribution in [3.8, 4) is 0 Å². The molecule has 16 heavy (non-hydrogen) atoms. The van der Waals surface area contributed by atoms with Crippen molar-refractivity contribution in [1.82, 2.24) is 14.9 Å². The van der Waals surface area contributed by atoms with Crippen molar-refractivity contribution in [3.63, 3.8) is 0 Å². The second-order valence-corrected chi connectivity index (χ2v) is 4.59. The lowest BCUT2D eigenvalue weighted by atomic mass is 10.4. The summed E-state index contributed by atoms with van der Waals surface area (Å²) in [5.41, 5.74) is 0.372. The summed E-state index contributed by atoms with van der Waals surface area (Å²) >= 11 is 3.14. The Morgan fingerprint density at radius 1 is 1.62 bits per heavy atom. The molecule has 5 nitrogen and oxygen atoms in total. The molecule has 0 aliphatic heterocycles. The second-order valence-electron chi connectivity index (χ2n) is 3.80. The lowest BCUT2D eigenvalue weighted by molar-refractivity contribution is -0.122. The van der Waals surface area contributed by atoms with E-state index in [9.17, 15) is 9.59 Å². The Balaban J connectivity index is 2.87. The molecular weight excluding hydrogens is 274 g/mol. The number of halogens is 1. The maximum atomic E-state index is 11.7. The van der Waals surface area contributed by atoms with Gasteiger partial charge in [-0.1, -0.05) is 0 Å². The molecule has 1 heterocycles. The zero-order chi connectivity index (χ0) is 12.3. The third-order valence-corrected chi connectivity index (χ3v) is 2.83. The largest absolute Gasteiger partial charge is 0.352 e. The fraction of sp³-hybridized carbons (Fsp3) is 0.500. The van der Waals surface area contributed by atoms with Crippen LogP contribution in [-0.4, -0.2) is 21.5 Å². The first-order valence-electron chi connectivity index (χ1n) is 4.92. The summed E-state index contributed by atoms with van der Waals surface area (Å²) in [6.07, 6.45) is 1.38. The highest BCUT2D eigenvalue weighted by atomic mass is 79.9. The second kappa shape index (κ2) is 5.25. The molecule has 0 radical (unpaired) electrons. The molecule has 0 bridgehead atoms. The Morgan fingerprint density at radius 2 is 2.25 bits per heavy atom. The van der Waals surface area contributed by atoms with E-state index in [1.54, 1.807) is 6.92 Å². The van der Waals surface area contributed by atoms with Gasteiger partial charge < -0.3 is 5.32 Å². The molecule has 6 heteroatoms. The van der Waals surface area contributed by atoms with Crippen molar-refractivity contribution in [1.29, 1.82) is 0 Å². The molecule has 0 saturated carbocycles. The van der Waals surface area contributed by atoms with Crippen molar-refractivity contribution in [2.75, 3.05) is 0 Å². The molecule has 0 atom stereocenters. The highest BCUT2D eigenvalue weighted by molar-refractivity contribution is 9.10. The quantitative estimate of drug-likeness (QED) is 0.896. The topological polar surface area (TPSA) is 64.0 Å². The van der Waals surface area contributed by atoms with Gasteiger partial charge in [0.2, 0.25) is 5.91 Å². The van der Waals surface area contributed by atoms with Gasteiger partial charge in [0.1, 0.15) is 11.0 Å². The number of aryl methyl sites for hydroxylation is 1. The van der Waals surface area contributed by atoms with Crippen LogP contribution >= 0.6 is 15.9 Å². The molecule has 1 amide bonds. The molecule has 1 N–H and O–H groups in total. The maximum Gasteiger partial charge on any atom is 0.268 e. The molecule has 0 spiro atoms. The van der Waals surface area contributed by atoms with Crippen LogP contribution in [0.15, 0.2) is 15.6 Å². The summed E-state index contributed by atoms with van der Waals surface area (Å²) in [6.45, 7) is 5.45. The zero-order valence-electron chi connectivity index (χ0n) is 9.45. The number of carbonyl (C=O) groups is 1. The summed E-state index contributed by atoms with van der Waals surface area (Å²) in [7, 11) is 0. The van der Waals surface area contributed by atoms with Crippen LogP contribution in [0.1, 0.15) is 19.5 Å². The summed E-state index contributed by atoms with van der Waals surface area (Å²) in [5, 5.41) is 2.71. The molecular formula is C10H14BrN3O2. The summed E-state index contributed by atoms with van der Waals surface area (Å²) in [6, 6.07) is 0.0602. The zero-order valence-corrected chi connectivity index (χ0v) is 11.0. The lowest BCUT2D eigenvalue weighted by Crippen LogP contribution is -2.36. The van der Waals surface area contributed by atoms with Crippen LogP contribution in [0, 0.1) is 6.92 Å². The third-order valence-electron chi connectivity index (χ3n) is 1.92. The van der Waals surface area contributed by atoms with E-state index in [-0.39, 0.29) is 24.1 Å². The van der Waals surface area contributed by atoms with Crippen molar-refractivity contribution < 1.29 is 4.79 Å². The fourth-order valence-electron chi connectivity index (χ4n) is 1.18. The Labute approximate surface area is 102 Å².